The van der Waals surface area contributed by atoms with Gasteiger partial charge in [-0.1, -0.05) is 0 Å². The Morgan fingerprint density at radius 1 is 0.181 bits per heavy atom. The van der Waals surface area contributed by atoms with Gasteiger partial charge in [0, 0.05) is 179 Å². The van der Waals surface area contributed by atoms with Crippen molar-refractivity contribution in [2.24, 2.45) is 57.3 Å². The molecule has 44 heteroatoms. The van der Waals surface area contributed by atoms with Crippen LogP contribution in [0.5, 0.6) is 0 Å². The molecule has 5 rings (SSSR count). The van der Waals surface area contributed by atoms with E-state index in [-0.39, 0.29) is 12.1 Å². The average molecular weight is 1520 g/mol. The zero-order valence-corrected chi connectivity index (χ0v) is 66.8. The fourth-order valence-electron chi connectivity index (χ4n) is 11.5. The van der Waals surface area contributed by atoms with Crippen molar-refractivity contribution >= 4 is 89.0 Å². The van der Waals surface area contributed by atoms with Crippen LogP contribution in [0.4, 0.5) is 0 Å². The first-order valence-electron chi connectivity index (χ1n) is 35.4. The molecule has 0 spiro atoms. The van der Waals surface area contributed by atoms with Gasteiger partial charge in [0.15, 0.2) is 0 Å². The second-order valence-corrected chi connectivity index (χ2v) is 52.9. The quantitative estimate of drug-likeness (QED) is 0.0199. The largest absolute Gasteiger partial charge is 0.478 e. The second-order valence-electron chi connectivity index (χ2n) is 24.1. The molecule has 8 unspecified atom stereocenters. The van der Waals surface area contributed by atoms with Crippen LogP contribution in [-0.4, -0.2) is 285 Å². The first-order chi connectivity index (χ1) is 45.8. The molecular formula is C50H130N20O14Si10. The molecule has 5 aliphatic heterocycles. The van der Waals surface area contributed by atoms with E-state index in [1.54, 1.807) is 0 Å². The summed E-state index contributed by atoms with van der Waals surface area (Å²) in [6.45, 7) is 16.5. The van der Waals surface area contributed by atoms with E-state index in [2.05, 4.69) is 53.2 Å². The summed E-state index contributed by atoms with van der Waals surface area (Å²) in [5, 5.41) is 35.5. The Bertz CT molecular complexity index is 1890. The van der Waals surface area contributed by atoms with E-state index in [0.29, 0.717) is 309 Å². The lowest BCUT2D eigenvalue weighted by Gasteiger charge is -2.60. The van der Waals surface area contributed by atoms with Gasteiger partial charge in [0.2, 0.25) is 0 Å². The van der Waals surface area contributed by atoms with Crippen molar-refractivity contribution in [1.82, 2.24) is 53.2 Å². The third kappa shape index (κ3) is 31.0. The number of hydrogen-bond acceptors (Lipinski definition) is 34. The van der Waals surface area contributed by atoms with Gasteiger partial charge in [-0.15, -0.1) is 0 Å². The number of nitrogens with one attached hydrogen (secondary N) is 10. The van der Waals surface area contributed by atoms with E-state index in [4.69, 9.17) is 115 Å². The Morgan fingerprint density at radius 2 is 0.319 bits per heavy atom. The normalized spacial score (nSPS) is 29.0. The highest BCUT2D eigenvalue weighted by Crippen LogP contribution is 2.51. The van der Waals surface area contributed by atoms with E-state index in [9.17, 15) is 0 Å². The van der Waals surface area contributed by atoms with E-state index < -0.39 is 89.0 Å². The molecule has 94 heavy (non-hydrogen) atoms. The number of rotatable bonds is 60. The van der Waals surface area contributed by atoms with Gasteiger partial charge in [-0.2, -0.15) is 0 Å². The van der Waals surface area contributed by atoms with Crippen LogP contribution in [0.2, 0.25) is 60.4 Å². The number of nitrogens with two attached hydrogens (primary N) is 10. The van der Waals surface area contributed by atoms with Crippen LogP contribution in [0.25, 0.3) is 0 Å². The summed E-state index contributed by atoms with van der Waals surface area (Å²) in [4.78, 5) is 0. The molecule has 8 bridgehead atoms. The summed E-state index contributed by atoms with van der Waals surface area (Å²) in [6, 6.07) is 3.33. The summed E-state index contributed by atoms with van der Waals surface area (Å²) in [5.41, 5.74) is 61.1. The predicted octanol–water partition coefficient (Wildman–Crippen LogP) is -5.84. The molecule has 30 N–H and O–H groups in total. The number of fused-ring (bicyclic) bond motifs is 5. The Hall–Kier alpha value is 0.809. The van der Waals surface area contributed by atoms with Gasteiger partial charge in [-0.25, -0.2) is 0 Å². The predicted molar refractivity (Wildman–Crippen MR) is 386 cm³/mol. The van der Waals surface area contributed by atoms with Gasteiger partial charge < -0.3 is 168 Å². The summed E-state index contributed by atoms with van der Waals surface area (Å²) in [5.74, 6) is 0. The van der Waals surface area contributed by atoms with Gasteiger partial charge in [0.25, 0.3) is 0 Å². The van der Waals surface area contributed by atoms with Crippen LogP contribution in [0.15, 0.2) is 0 Å². The minimum Gasteiger partial charge on any atom is -0.393 e. The Kier molecular flexibility index (Phi) is 44.3. The van der Waals surface area contributed by atoms with Crippen molar-refractivity contribution in [3.8, 4) is 0 Å². The topological polar surface area (TPSA) is 510 Å². The maximum Gasteiger partial charge on any atom is 0.478 e. The molecule has 5 saturated heterocycles. The fraction of sp³-hybridized carbons (Fsp3) is 1.00. The molecule has 0 aromatic heterocycles. The van der Waals surface area contributed by atoms with Gasteiger partial charge in [-0.05, 0) is 142 Å². The van der Waals surface area contributed by atoms with Crippen LogP contribution in [-0.2, 0) is 57.6 Å². The molecular weight excluding hydrogens is 1390 g/mol. The highest BCUT2D eigenvalue weighted by molar-refractivity contribution is 7.00. The Morgan fingerprint density at radius 3 is 0.489 bits per heavy atom. The van der Waals surface area contributed by atoms with Crippen molar-refractivity contribution in [1.29, 1.82) is 0 Å². The van der Waals surface area contributed by atoms with Crippen molar-refractivity contribution < 1.29 is 57.6 Å². The first-order valence-corrected chi connectivity index (χ1v) is 53.9. The molecule has 5 heterocycles. The van der Waals surface area contributed by atoms with Gasteiger partial charge in [0.05, 0.1) is 0 Å². The lowest BCUT2D eigenvalue weighted by Crippen LogP contribution is -2.84. The van der Waals surface area contributed by atoms with Crippen LogP contribution < -0.4 is 111 Å². The zero-order valence-electron chi connectivity index (χ0n) is 56.8. The minimum absolute atomic E-state index is 0.252. The van der Waals surface area contributed by atoms with Crippen LogP contribution in [0, 0.1) is 0 Å². The van der Waals surface area contributed by atoms with Crippen LogP contribution in [0.1, 0.15) is 64.2 Å². The van der Waals surface area contributed by atoms with Crippen molar-refractivity contribution in [2.75, 3.05) is 196 Å². The molecule has 0 amide bonds. The minimum atomic E-state index is -4.59. The molecule has 2 radical (unpaired) electrons. The van der Waals surface area contributed by atoms with Gasteiger partial charge in [0.1, 0.15) is 0 Å². The third-order valence-corrected chi connectivity index (χ3v) is 58.3. The standard InChI is InChI=1S/C50H130N20O14Si10/c51-11-31-61-21-1-41-85-71-87(43-3-23-63-33-13-53)75-88(44-4-24-64-34-14-54)72-86(42-2-22-62-32-12-52)74-90(46-6-26-66-36-16-56)80-92(48-8-28-68-38-18-58)79-89(73-85,45-5-25-65-35-15-55)78-91(76-87,47-7-27-67-37-17-57)82-93(77-88,49-9-29-69-39-19-59)84-94(81-90,83-92)50-10-30-70-40-20-60/h61-70H,1-60H2. The molecule has 554 valence electrons. The summed E-state index contributed by atoms with van der Waals surface area (Å²) >= 11 is 0. The highest BCUT2D eigenvalue weighted by atomic mass is 28.6. The summed E-state index contributed by atoms with van der Waals surface area (Å²) in [7, 11) is -40.6. The molecule has 5 fully saturated rings. The molecule has 0 aliphatic carbocycles. The molecule has 5 aliphatic rings. The molecule has 0 aromatic rings. The zero-order chi connectivity index (χ0) is 67.5. The van der Waals surface area contributed by atoms with E-state index in [1.165, 1.54) is 0 Å². The monoisotopic (exact) mass is 1510 g/mol. The van der Waals surface area contributed by atoms with E-state index >= 15 is 0 Å². The molecule has 0 saturated carbocycles. The molecule has 0 aromatic carbocycles. The Labute approximate surface area is 575 Å². The fourth-order valence-corrected chi connectivity index (χ4v) is 67.3. The molecule has 8 atom stereocenters. The lowest BCUT2D eigenvalue weighted by molar-refractivity contribution is 0.00145. The number of hydrogen-bond donors (Lipinski definition) is 20. The van der Waals surface area contributed by atoms with E-state index in [1.807, 2.05) is 0 Å². The third-order valence-electron chi connectivity index (χ3n) is 15.6. The van der Waals surface area contributed by atoms with Gasteiger partial charge >= 0.3 is 89.0 Å². The summed E-state index contributed by atoms with van der Waals surface area (Å²) in [6.07, 6.45) is 5.68. The summed E-state index contributed by atoms with van der Waals surface area (Å²) < 4.78 is 115. The van der Waals surface area contributed by atoms with Crippen molar-refractivity contribution in [3.63, 3.8) is 0 Å². The van der Waals surface area contributed by atoms with E-state index in [0.717, 1.165) is 0 Å². The lowest BCUT2D eigenvalue weighted by atomic mass is 10.5. The smallest absolute Gasteiger partial charge is 0.393 e. The first kappa shape index (κ1) is 85.5. The molecule has 34 nitrogen and oxygen atoms in total. The maximum atomic E-state index is 8.41. The average Bonchev–Trinajstić information content (AvgIpc) is 0.705. The SMILES string of the molecule is NCCNCCC[Si]1O[Si]2(CCCNCCN)O[Si]3(CCCNCCN)O[Si](CCCNCCN)O[Si]4(CCCNCCN)O[Si]5(CCCNCCN)O[Si](CCCNCCN)(O1)O[Si](CCCNCCN)(O2)O[Si](CCCNCCN)(O3)O[Si](CCCNCCN)(O4)O5. The van der Waals surface area contributed by atoms with Crippen LogP contribution in [0.3, 0.4) is 0 Å². The Balaban J connectivity index is 2.05. The second kappa shape index (κ2) is 48.7. The highest BCUT2D eigenvalue weighted by Gasteiger charge is 2.79. The maximum absolute atomic E-state index is 8.41. The van der Waals surface area contributed by atoms with Crippen molar-refractivity contribution in [2.45, 2.75) is 125 Å². The van der Waals surface area contributed by atoms with Gasteiger partial charge in [-0.3, -0.25) is 0 Å². The van der Waals surface area contributed by atoms with Crippen molar-refractivity contribution in [3.05, 3.63) is 0 Å². The van der Waals surface area contributed by atoms with Crippen LogP contribution >= 0.6 is 0 Å².